The van der Waals surface area contributed by atoms with Crippen LogP contribution in [-0.2, 0) is 11.2 Å². The van der Waals surface area contributed by atoms with Gasteiger partial charge in [0.25, 0.3) is 5.91 Å². The van der Waals surface area contributed by atoms with Crippen molar-refractivity contribution >= 4 is 34.8 Å². The molecule has 7 nitrogen and oxygen atoms in total. The number of hydrogen-bond acceptors (Lipinski definition) is 5. The lowest BCUT2D eigenvalue weighted by Crippen LogP contribution is -2.20. The summed E-state index contributed by atoms with van der Waals surface area (Å²) in [5.41, 5.74) is 4.53. The Hall–Kier alpha value is -3.74. The van der Waals surface area contributed by atoms with Gasteiger partial charge in [0.15, 0.2) is 0 Å². The van der Waals surface area contributed by atoms with Gasteiger partial charge in [0.1, 0.15) is 5.69 Å². The molecule has 4 rings (SSSR count). The molecule has 2 aromatic carbocycles. The van der Waals surface area contributed by atoms with Crippen LogP contribution in [0, 0.1) is 6.92 Å². The van der Waals surface area contributed by atoms with Crippen molar-refractivity contribution in [2.75, 3.05) is 22.1 Å². The number of rotatable bonds is 4. The summed E-state index contributed by atoms with van der Waals surface area (Å²) >= 11 is 0. The van der Waals surface area contributed by atoms with Crippen LogP contribution in [0.4, 0.5) is 23.0 Å². The number of carbonyl (C=O) groups excluding carboxylic acids is 2. The number of carbonyl (C=O) groups is 2. The van der Waals surface area contributed by atoms with Gasteiger partial charge in [-0.15, -0.1) is 0 Å². The predicted molar refractivity (Wildman–Crippen MR) is 113 cm³/mol. The molecule has 2 N–H and O–H groups in total. The molecule has 146 valence electrons. The van der Waals surface area contributed by atoms with E-state index in [1.807, 2.05) is 30.0 Å². The number of anilines is 4. The Bertz CT molecular complexity index is 1100. The first-order valence-electron chi connectivity index (χ1n) is 9.40. The minimum absolute atomic E-state index is 0.171. The number of para-hydroxylation sites is 1. The molecule has 0 saturated heterocycles. The average Bonchev–Trinajstić information content (AvgIpc) is 3.11. The molecule has 1 aliphatic heterocycles. The Kier molecular flexibility index (Phi) is 4.95. The topological polar surface area (TPSA) is 87.2 Å². The number of hydrogen-bond donors (Lipinski definition) is 2. The second kappa shape index (κ2) is 7.71. The Morgan fingerprint density at radius 2 is 1.72 bits per heavy atom. The molecule has 0 spiro atoms. The molecule has 1 aromatic heterocycles. The summed E-state index contributed by atoms with van der Waals surface area (Å²) in [4.78, 5) is 35.1. The first-order valence-corrected chi connectivity index (χ1v) is 9.40. The highest BCUT2D eigenvalue weighted by Gasteiger charge is 2.23. The average molecular weight is 387 g/mol. The van der Waals surface area contributed by atoms with Gasteiger partial charge in [0.05, 0.1) is 0 Å². The molecule has 0 fully saturated rings. The molecule has 29 heavy (non-hydrogen) atoms. The molecule has 7 heteroatoms. The summed E-state index contributed by atoms with van der Waals surface area (Å²) in [5.74, 6) is 0.0201. The molecule has 0 atom stereocenters. The SMILES string of the molecule is CC(=O)Nc1cccc(NC(=O)c2cc(C)nc(N3CCc4ccccc43)n2)c1. The van der Waals surface area contributed by atoms with E-state index in [1.54, 1.807) is 30.3 Å². The fourth-order valence-corrected chi connectivity index (χ4v) is 3.41. The molecular formula is C22H21N5O2. The van der Waals surface area contributed by atoms with Crippen LogP contribution in [0.3, 0.4) is 0 Å². The zero-order valence-corrected chi connectivity index (χ0v) is 16.3. The van der Waals surface area contributed by atoms with Crippen LogP contribution in [0.15, 0.2) is 54.6 Å². The largest absolute Gasteiger partial charge is 0.326 e. The first-order chi connectivity index (χ1) is 14.0. The highest BCUT2D eigenvalue weighted by atomic mass is 16.2. The van der Waals surface area contributed by atoms with E-state index >= 15 is 0 Å². The minimum Gasteiger partial charge on any atom is -0.326 e. The third kappa shape index (κ3) is 4.08. The molecule has 0 aliphatic carbocycles. The van der Waals surface area contributed by atoms with Gasteiger partial charge in [-0.3, -0.25) is 9.59 Å². The number of nitrogens with one attached hydrogen (secondary N) is 2. The second-order valence-corrected chi connectivity index (χ2v) is 6.94. The summed E-state index contributed by atoms with van der Waals surface area (Å²) in [7, 11) is 0. The third-order valence-electron chi connectivity index (χ3n) is 4.64. The van der Waals surface area contributed by atoms with Crippen molar-refractivity contribution in [2.24, 2.45) is 0 Å². The van der Waals surface area contributed by atoms with E-state index in [9.17, 15) is 9.59 Å². The molecule has 3 aromatic rings. The Morgan fingerprint density at radius 1 is 0.966 bits per heavy atom. The maximum Gasteiger partial charge on any atom is 0.274 e. The van der Waals surface area contributed by atoms with Crippen molar-refractivity contribution in [3.63, 3.8) is 0 Å². The number of aryl methyl sites for hydroxylation is 1. The van der Waals surface area contributed by atoms with Gasteiger partial charge >= 0.3 is 0 Å². The van der Waals surface area contributed by atoms with Gasteiger partial charge in [-0.25, -0.2) is 9.97 Å². The second-order valence-electron chi connectivity index (χ2n) is 6.94. The van der Waals surface area contributed by atoms with E-state index in [0.29, 0.717) is 23.0 Å². The minimum atomic E-state index is -0.329. The Labute approximate surface area is 168 Å². The van der Waals surface area contributed by atoms with Crippen LogP contribution in [0.5, 0.6) is 0 Å². The van der Waals surface area contributed by atoms with Crippen molar-refractivity contribution < 1.29 is 9.59 Å². The summed E-state index contributed by atoms with van der Waals surface area (Å²) in [6.07, 6.45) is 0.922. The van der Waals surface area contributed by atoms with Crippen LogP contribution >= 0.6 is 0 Å². The smallest absolute Gasteiger partial charge is 0.274 e. The fourth-order valence-electron chi connectivity index (χ4n) is 3.41. The van der Waals surface area contributed by atoms with E-state index in [4.69, 9.17) is 0 Å². The van der Waals surface area contributed by atoms with Gasteiger partial charge < -0.3 is 15.5 Å². The van der Waals surface area contributed by atoms with Crippen molar-refractivity contribution in [1.82, 2.24) is 9.97 Å². The lowest BCUT2D eigenvalue weighted by atomic mass is 10.2. The predicted octanol–water partition coefficient (Wildman–Crippen LogP) is 3.69. The zero-order valence-electron chi connectivity index (χ0n) is 16.3. The lowest BCUT2D eigenvalue weighted by molar-refractivity contribution is -0.114. The molecule has 0 saturated carbocycles. The van der Waals surface area contributed by atoms with Crippen molar-refractivity contribution in [2.45, 2.75) is 20.3 Å². The molecule has 0 radical (unpaired) electrons. The van der Waals surface area contributed by atoms with Crippen LogP contribution in [0.1, 0.15) is 28.7 Å². The zero-order chi connectivity index (χ0) is 20.4. The number of fused-ring (bicyclic) bond motifs is 1. The first kappa shape index (κ1) is 18.6. The van der Waals surface area contributed by atoms with Crippen LogP contribution in [0.2, 0.25) is 0 Å². The molecule has 2 amide bonds. The number of amides is 2. The van der Waals surface area contributed by atoms with Crippen molar-refractivity contribution in [3.8, 4) is 0 Å². The van der Waals surface area contributed by atoms with Gasteiger partial charge in [-0.1, -0.05) is 24.3 Å². The highest BCUT2D eigenvalue weighted by molar-refractivity contribution is 6.03. The van der Waals surface area contributed by atoms with E-state index in [2.05, 4.69) is 26.7 Å². The Balaban J connectivity index is 1.58. The molecule has 2 heterocycles. The van der Waals surface area contributed by atoms with Crippen LogP contribution in [-0.4, -0.2) is 28.3 Å². The highest BCUT2D eigenvalue weighted by Crippen LogP contribution is 2.32. The van der Waals surface area contributed by atoms with Crippen LogP contribution in [0.25, 0.3) is 0 Å². The monoisotopic (exact) mass is 387 g/mol. The summed E-state index contributed by atoms with van der Waals surface area (Å²) < 4.78 is 0. The van der Waals surface area contributed by atoms with E-state index in [-0.39, 0.29) is 11.8 Å². The normalized spacial score (nSPS) is 12.4. The third-order valence-corrected chi connectivity index (χ3v) is 4.64. The van der Waals surface area contributed by atoms with Gasteiger partial charge in [-0.05, 0) is 49.2 Å². The fraction of sp³-hybridized carbons (Fsp3) is 0.182. The number of aromatic nitrogens is 2. The number of benzene rings is 2. The van der Waals surface area contributed by atoms with Crippen LogP contribution < -0.4 is 15.5 Å². The van der Waals surface area contributed by atoms with E-state index in [0.717, 1.165) is 24.3 Å². The molecule has 0 bridgehead atoms. The number of nitrogens with zero attached hydrogens (tertiary/aromatic N) is 3. The maximum atomic E-state index is 12.8. The Morgan fingerprint density at radius 3 is 2.52 bits per heavy atom. The lowest BCUT2D eigenvalue weighted by Gasteiger charge is -2.18. The van der Waals surface area contributed by atoms with Crippen molar-refractivity contribution in [3.05, 3.63) is 71.5 Å². The molecule has 1 aliphatic rings. The van der Waals surface area contributed by atoms with Gasteiger partial charge in [0.2, 0.25) is 11.9 Å². The summed E-state index contributed by atoms with van der Waals surface area (Å²) in [5, 5.41) is 5.54. The quantitative estimate of drug-likeness (QED) is 0.713. The van der Waals surface area contributed by atoms with E-state index < -0.39 is 0 Å². The molecular weight excluding hydrogens is 366 g/mol. The summed E-state index contributed by atoms with van der Waals surface area (Å²) in [6, 6.07) is 16.8. The van der Waals surface area contributed by atoms with E-state index in [1.165, 1.54) is 12.5 Å². The van der Waals surface area contributed by atoms with Crippen molar-refractivity contribution in [1.29, 1.82) is 0 Å². The maximum absolute atomic E-state index is 12.8. The van der Waals surface area contributed by atoms with Gasteiger partial charge in [0, 0.05) is 36.2 Å². The summed E-state index contributed by atoms with van der Waals surface area (Å²) in [6.45, 7) is 4.07. The van der Waals surface area contributed by atoms with Gasteiger partial charge in [-0.2, -0.15) is 0 Å². The standard InChI is InChI=1S/C22H21N5O2/c1-14-12-19(21(29)25-18-8-5-7-17(13-18)24-15(2)28)26-22(23-14)27-11-10-16-6-3-4-9-20(16)27/h3-9,12-13H,10-11H2,1-2H3,(H,24,28)(H,25,29). The molecule has 0 unspecified atom stereocenters.